The van der Waals surface area contributed by atoms with E-state index in [9.17, 15) is 28.0 Å². The van der Waals surface area contributed by atoms with Gasteiger partial charge in [-0.25, -0.2) is 0 Å². The molecule has 3 rings (SSSR count). The Morgan fingerprint density at radius 3 is 2.57 bits per heavy atom. The summed E-state index contributed by atoms with van der Waals surface area (Å²) in [4.78, 5) is 26.0. The van der Waals surface area contributed by atoms with Crippen LogP contribution in [-0.4, -0.2) is 17.6 Å². The second kappa shape index (κ2) is 8.24. The largest absolute Gasteiger partial charge is 0.418 e. The van der Waals surface area contributed by atoms with Crippen molar-refractivity contribution in [3.05, 3.63) is 69.8 Å². The Morgan fingerprint density at radius 2 is 1.90 bits per heavy atom. The summed E-state index contributed by atoms with van der Waals surface area (Å²) in [6.07, 6.45) is -4.71. The summed E-state index contributed by atoms with van der Waals surface area (Å²) in [6, 6.07) is 11.7. The van der Waals surface area contributed by atoms with Crippen LogP contribution in [0.25, 0.3) is 0 Å². The highest BCUT2D eigenvalue weighted by Crippen LogP contribution is 2.42. The summed E-state index contributed by atoms with van der Waals surface area (Å²) in [5.74, 6) is -1.61. The third-order valence-corrected chi connectivity index (χ3v) is 5.48. The van der Waals surface area contributed by atoms with Gasteiger partial charge in [-0.05, 0) is 43.2 Å². The zero-order chi connectivity index (χ0) is 22.1. The first-order valence-corrected chi connectivity index (χ1v) is 9.77. The van der Waals surface area contributed by atoms with Crippen molar-refractivity contribution < 1.29 is 22.8 Å². The minimum atomic E-state index is -4.71. The van der Waals surface area contributed by atoms with Gasteiger partial charge in [-0.15, -0.1) is 0 Å². The fourth-order valence-electron chi connectivity index (χ4n) is 2.96. The molecule has 9 heteroatoms. The van der Waals surface area contributed by atoms with Gasteiger partial charge >= 0.3 is 6.18 Å². The molecule has 1 fully saturated rings. The van der Waals surface area contributed by atoms with E-state index in [1.807, 2.05) is 13.0 Å². The summed E-state index contributed by atoms with van der Waals surface area (Å²) < 4.78 is 40.4. The quantitative estimate of drug-likeness (QED) is 0.561. The van der Waals surface area contributed by atoms with E-state index in [0.717, 1.165) is 39.9 Å². The maximum absolute atomic E-state index is 13.5. The number of hydrogen-bond acceptors (Lipinski definition) is 4. The molecular formula is C21H16F3N3O2S. The molecule has 1 aliphatic heterocycles. The molecule has 1 heterocycles. The maximum Gasteiger partial charge on any atom is 0.418 e. The molecule has 0 unspecified atom stereocenters. The molecule has 1 N–H and O–H groups in total. The molecule has 0 atom stereocenters. The molecule has 0 spiro atoms. The number of nitrogens with one attached hydrogen (secondary N) is 1. The predicted octanol–water partition coefficient (Wildman–Crippen LogP) is 4.78. The summed E-state index contributed by atoms with van der Waals surface area (Å²) >= 11 is 0.857. The fraction of sp³-hybridized carbons (Fsp3) is 0.190. The number of anilines is 2. The van der Waals surface area contributed by atoms with Gasteiger partial charge in [0, 0.05) is 5.69 Å². The predicted molar refractivity (Wildman–Crippen MR) is 109 cm³/mol. The highest BCUT2D eigenvalue weighted by atomic mass is 32.2. The van der Waals surface area contributed by atoms with Crippen LogP contribution in [0.1, 0.15) is 16.7 Å². The minimum absolute atomic E-state index is 0.123. The normalized spacial score (nSPS) is 15.7. The maximum atomic E-state index is 13.5. The summed E-state index contributed by atoms with van der Waals surface area (Å²) in [6.45, 7) is 3.61. The Hall–Kier alpha value is -3.25. The Kier molecular flexibility index (Phi) is 5.89. The number of para-hydroxylation sites is 1. The first-order chi connectivity index (χ1) is 14.1. The third-order valence-electron chi connectivity index (χ3n) is 4.43. The van der Waals surface area contributed by atoms with Gasteiger partial charge in [0.1, 0.15) is 16.7 Å². The van der Waals surface area contributed by atoms with Gasteiger partial charge < -0.3 is 5.32 Å². The van der Waals surface area contributed by atoms with Crippen LogP contribution in [0.15, 0.2) is 53.1 Å². The molecule has 5 nitrogen and oxygen atoms in total. The number of halogens is 3. The van der Waals surface area contributed by atoms with Crippen LogP contribution < -0.4 is 10.2 Å². The molecule has 0 aliphatic carbocycles. The second-order valence-electron chi connectivity index (χ2n) is 6.60. The Labute approximate surface area is 175 Å². The van der Waals surface area contributed by atoms with Crippen LogP contribution in [0.3, 0.4) is 0 Å². The summed E-state index contributed by atoms with van der Waals surface area (Å²) in [5.41, 5.74) is 0.250. The lowest BCUT2D eigenvalue weighted by Crippen LogP contribution is -2.29. The van der Waals surface area contributed by atoms with Gasteiger partial charge in [-0.2, -0.15) is 18.4 Å². The van der Waals surface area contributed by atoms with Crippen molar-refractivity contribution in [2.75, 3.05) is 16.0 Å². The van der Waals surface area contributed by atoms with Crippen molar-refractivity contribution in [2.45, 2.75) is 20.0 Å². The van der Waals surface area contributed by atoms with Crippen molar-refractivity contribution in [3.8, 4) is 6.07 Å². The number of aryl methyl sites for hydroxylation is 2. The average Bonchev–Trinajstić information content (AvgIpc) is 3.05. The fourth-order valence-corrected chi connectivity index (χ4v) is 3.96. The van der Waals surface area contributed by atoms with Crippen molar-refractivity contribution >= 4 is 35.0 Å². The van der Waals surface area contributed by atoms with Crippen LogP contribution in [0.4, 0.5) is 24.5 Å². The molecular weight excluding hydrogens is 415 g/mol. The minimum Gasteiger partial charge on any atom is -0.321 e. The Bertz CT molecular complexity index is 1100. The van der Waals surface area contributed by atoms with E-state index in [2.05, 4.69) is 5.32 Å². The molecule has 0 radical (unpaired) electrons. The van der Waals surface area contributed by atoms with Gasteiger partial charge in [0.2, 0.25) is 5.91 Å². The number of hydrogen-bond donors (Lipinski definition) is 1. The van der Waals surface area contributed by atoms with E-state index in [1.165, 1.54) is 12.1 Å². The van der Waals surface area contributed by atoms with Crippen molar-refractivity contribution in [3.63, 3.8) is 0 Å². The topological polar surface area (TPSA) is 73.2 Å². The molecule has 2 amide bonds. The lowest BCUT2D eigenvalue weighted by Gasteiger charge is -2.22. The van der Waals surface area contributed by atoms with Gasteiger partial charge in [-0.1, -0.05) is 36.0 Å². The van der Waals surface area contributed by atoms with E-state index in [4.69, 9.17) is 0 Å². The summed E-state index contributed by atoms with van der Waals surface area (Å²) in [7, 11) is 0. The number of alkyl halides is 3. The van der Waals surface area contributed by atoms with Crippen LogP contribution in [0.5, 0.6) is 0 Å². The van der Waals surface area contributed by atoms with Crippen LogP contribution >= 0.6 is 11.8 Å². The molecule has 0 bridgehead atoms. The molecule has 1 saturated heterocycles. The number of carbonyl (C=O) groups excluding carboxylic acids is 2. The van der Waals surface area contributed by atoms with Crippen LogP contribution in [-0.2, 0) is 15.8 Å². The molecule has 154 valence electrons. The molecule has 1 aliphatic rings. The smallest absolute Gasteiger partial charge is 0.321 e. The number of nitrogens with zero attached hydrogens (tertiary/aromatic N) is 2. The Morgan fingerprint density at radius 1 is 1.20 bits per heavy atom. The highest BCUT2D eigenvalue weighted by molar-refractivity contribution is 8.04. The molecule has 30 heavy (non-hydrogen) atoms. The molecule has 2 aromatic rings. The monoisotopic (exact) mass is 431 g/mol. The van der Waals surface area contributed by atoms with Gasteiger partial charge in [0.15, 0.2) is 0 Å². The number of nitriles is 1. The zero-order valence-corrected chi connectivity index (χ0v) is 16.8. The highest BCUT2D eigenvalue weighted by Gasteiger charge is 2.40. The van der Waals surface area contributed by atoms with E-state index in [1.54, 1.807) is 25.1 Å². The summed E-state index contributed by atoms with van der Waals surface area (Å²) in [5, 5.41) is 12.1. The van der Waals surface area contributed by atoms with E-state index in [-0.39, 0.29) is 10.8 Å². The standard InChI is InChI=1S/C21H16F3N3O2S/c1-12-7-8-13(2)16(9-12)26-19(29)14(10-25)20-27(18(28)11-30-20)17-6-4-3-5-15(17)21(22,23)24/h3-9H,11H2,1-2H3,(H,26,29)/b20-14-. The molecule has 2 aromatic carbocycles. The van der Waals surface area contributed by atoms with Crippen molar-refractivity contribution in [1.29, 1.82) is 5.26 Å². The van der Waals surface area contributed by atoms with Crippen molar-refractivity contribution in [2.24, 2.45) is 0 Å². The van der Waals surface area contributed by atoms with Crippen molar-refractivity contribution in [1.82, 2.24) is 0 Å². The SMILES string of the molecule is Cc1ccc(C)c(NC(=O)/C(C#N)=C2\SCC(=O)N2c2ccccc2C(F)(F)F)c1. The number of rotatable bonds is 3. The van der Waals surface area contributed by atoms with Gasteiger partial charge in [-0.3, -0.25) is 14.5 Å². The second-order valence-corrected chi connectivity index (χ2v) is 7.56. The first-order valence-electron chi connectivity index (χ1n) is 8.78. The first kappa shape index (κ1) is 21.5. The lowest BCUT2D eigenvalue weighted by atomic mass is 10.1. The van der Waals surface area contributed by atoms with Crippen LogP contribution in [0, 0.1) is 25.2 Å². The zero-order valence-electron chi connectivity index (χ0n) is 16.0. The van der Waals surface area contributed by atoms with Gasteiger partial charge in [0.25, 0.3) is 5.91 Å². The van der Waals surface area contributed by atoms with Crippen LogP contribution in [0.2, 0.25) is 0 Å². The Balaban J connectivity index is 2.07. The van der Waals surface area contributed by atoms with E-state index in [0.29, 0.717) is 5.69 Å². The number of carbonyl (C=O) groups is 2. The number of amides is 2. The average molecular weight is 431 g/mol. The van der Waals surface area contributed by atoms with E-state index < -0.39 is 34.8 Å². The molecule has 0 saturated carbocycles. The number of thioether (sulfide) groups is 1. The van der Waals surface area contributed by atoms with E-state index >= 15 is 0 Å². The number of benzene rings is 2. The lowest BCUT2D eigenvalue weighted by molar-refractivity contribution is -0.137. The van der Waals surface area contributed by atoms with Gasteiger partial charge in [0.05, 0.1) is 17.0 Å². The molecule has 0 aromatic heterocycles. The third kappa shape index (κ3) is 4.19.